The van der Waals surface area contributed by atoms with E-state index in [9.17, 15) is 9.18 Å². The van der Waals surface area contributed by atoms with Gasteiger partial charge in [0.15, 0.2) is 0 Å². The molecule has 1 aromatic carbocycles. The Morgan fingerprint density at radius 3 is 2.82 bits per heavy atom. The minimum Gasteiger partial charge on any atom is -0.462 e. The summed E-state index contributed by atoms with van der Waals surface area (Å²) in [5.74, 6) is -1.16. The van der Waals surface area contributed by atoms with Crippen LogP contribution in [-0.4, -0.2) is 22.4 Å². The van der Waals surface area contributed by atoms with Crippen LogP contribution in [0.25, 0.3) is 11.1 Å². The molecular weight excluding hydrogens is 285 g/mol. The van der Waals surface area contributed by atoms with E-state index in [1.807, 2.05) is 13.8 Å². The van der Waals surface area contributed by atoms with Crippen LogP contribution in [0.1, 0.15) is 43.6 Å². The van der Waals surface area contributed by atoms with Crippen LogP contribution < -0.4 is 5.73 Å². The monoisotopic (exact) mass is 305 g/mol. The SMILES string of the molecule is CCOC(=O)c1cc(N)cc(F)c1-c1cnn([C@H](C)CC)c1. The standard InChI is InChI=1S/C16H20FN3O2/c1-4-10(3)20-9-11(8-19-20)15-13(16(21)22-5-2)6-12(18)7-14(15)17/h6-10H,4-5,18H2,1-3H3/t10-/m1/s1. The van der Waals surface area contributed by atoms with Crippen molar-refractivity contribution >= 4 is 11.7 Å². The third kappa shape index (κ3) is 3.10. The lowest BCUT2D eigenvalue weighted by molar-refractivity contribution is 0.0527. The molecule has 0 fully saturated rings. The van der Waals surface area contributed by atoms with Crippen molar-refractivity contribution in [2.75, 3.05) is 12.3 Å². The second-order valence-electron chi connectivity index (χ2n) is 5.11. The number of nitrogens with two attached hydrogens (primary N) is 1. The quantitative estimate of drug-likeness (QED) is 0.679. The van der Waals surface area contributed by atoms with Gasteiger partial charge in [-0.2, -0.15) is 5.10 Å². The molecule has 1 atom stereocenters. The molecule has 0 unspecified atom stereocenters. The van der Waals surface area contributed by atoms with Gasteiger partial charge in [0.2, 0.25) is 0 Å². The smallest absolute Gasteiger partial charge is 0.338 e. The van der Waals surface area contributed by atoms with Gasteiger partial charge in [0, 0.05) is 29.1 Å². The molecule has 0 amide bonds. The molecule has 0 aliphatic rings. The van der Waals surface area contributed by atoms with Crippen molar-refractivity contribution in [1.82, 2.24) is 9.78 Å². The van der Waals surface area contributed by atoms with Crippen molar-refractivity contribution < 1.29 is 13.9 Å². The van der Waals surface area contributed by atoms with Gasteiger partial charge in [-0.15, -0.1) is 0 Å². The van der Waals surface area contributed by atoms with Crippen molar-refractivity contribution in [1.29, 1.82) is 0 Å². The molecule has 0 aliphatic carbocycles. The van der Waals surface area contributed by atoms with Crippen molar-refractivity contribution in [2.45, 2.75) is 33.2 Å². The average Bonchev–Trinajstić information content (AvgIpc) is 2.95. The highest BCUT2D eigenvalue weighted by molar-refractivity contribution is 5.98. The molecule has 22 heavy (non-hydrogen) atoms. The van der Waals surface area contributed by atoms with Crippen LogP contribution >= 0.6 is 0 Å². The summed E-state index contributed by atoms with van der Waals surface area (Å²) in [6.07, 6.45) is 4.17. The van der Waals surface area contributed by atoms with E-state index < -0.39 is 11.8 Å². The van der Waals surface area contributed by atoms with Gasteiger partial charge in [0.1, 0.15) is 5.82 Å². The minimum atomic E-state index is -0.597. The van der Waals surface area contributed by atoms with Crippen LogP contribution in [0.15, 0.2) is 24.5 Å². The van der Waals surface area contributed by atoms with Crippen LogP contribution in [0.4, 0.5) is 10.1 Å². The number of benzene rings is 1. The fraction of sp³-hybridized carbons (Fsp3) is 0.375. The van der Waals surface area contributed by atoms with Gasteiger partial charge in [0.05, 0.1) is 18.4 Å². The predicted molar refractivity (Wildman–Crippen MR) is 83.0 cm³/mol. The first-order valence-corrected chi connectivity index (χ1v) is 7.28. The molecule has 0 saturated carbocycles. The molecule has 1 aromatic heterocycles. The highest BCUT2D eigenvalue weighted by Crippen LogP contribution is 2.30. The highest BCUT2D eigenvalue weighted by Gasteiger charge is 2.20. The minimum absolute atomic E-state index is 0.114. The summed E-state index contributed by atoms with van der Waals surface area (Å²) in [5, 5.41) is 4.24. The van der Waals surface area contributed by atoms with Crippen molar-refractivity contribution in [3.63, 3.8) is 0 Å². The molecule has 0 spiro atoms. The molecule has 2 N–H and O–H groups in total. The zero-order valence-electron chi connectivity index (χ0n) is 13.0. The lowest BCUT2D eigenvalue weighted by Crippen LogP contribution is -2.09. The highest BCUT2D eigenvalue weighted by atomic mass is 19.1. The number of ether oxygens (including phenoxy) is 1. The van der Waals surface area contributed by atoms with Gasteiger partial charge in [-0.3, -0.25) is 4.68 Å². The number of nitrogens with zero attached hydrogens (tertiary/aromatic N) is 2. The van der Waals surface area contributed by atoms with E-state index in [-0.39, 0.29) is 29.5 Å². The summed E-state index contributed by atoms with van der Waals surface area (Å²) in [5.41, 5.74) is 6.64. The van der Waals surface area contributed by atoms with Crippen LogP contribution in [0.2, 0.25) is 0 Å². The number of carbonyl (C=O) groups excluding carboxylic acids is 1. The number of anilines is 1. The van der Waals surface area contributed by atoms with E-state index >= 15 is 0 Å². The van der Waals surface area contributed by atoms with E-state index in [1.54, 1.807) is 24.0 Å². The lowest BCUT2D eigenvalue weighted by Gasteiger charge is -2.10. The van der Waals surface area contributed by atoms with Crippen molar-refractivity contribution in [3.8, 4) is 11.1 Å². The summed E-state index contributed by atoms with van der Waals surface area (Å²) in [6, 6.07) is 2.81. The molecule has 5 nitrogen and oxygen atoms in total. The largest absolute Gasteiger partial charge is 0.462 e. The van der Waals surface area contributed by atoms with Crippen molar-refractivity contribution in [2.24, 2.45) is 0 Å². The van der Waals surface area contributed by atoms with Gasteiger partial charge in [-0.1, -0.05) is 6.92 Å². The Hall–Kier alpha value is -2.37. The number of esters is 1. The Kier molecular flexibility index (Phi) is 4.80. The van der Waals surface area contributed by atoms with E-state index in [0.717, 1.165) is 6.42 Å². The first-order chi connectivity index (χ1) is 10.5. The maximum Gasteiger partial charge on any atom is 0.338 e. The van der Waals surface area contributed by atoms with E-state index in [4.69, 9.17) is 10.5 Å². The Labute approximate surface area is 128 Å². The normalized spacial score (nSPS) is 12.2. The van der Waals surface area contributed by atoms with Gasteiger partial charge in [-0.25, -0.2) is 9.18 Å². The molecule has 0 aliphatic heterocycles. The number of carbonyl (C=O) groups is 1. The number of aromatic nitrogens is 2. The summed E-state index contributed by atoms with van der Waals surface area (Å²) < 4.78 is 21.1. The lowest BCUT2D eigenvalue weighted by atomic mass is 10.0. The first kappa shape index (κ1) is 16.0. The zero-order chi connectivity index (χ0) is 16.3. The number of halogens is 1. The number of nitrogen functional groups attached to an aromatic ring is 1. The van der Waals surface area contributed by atoms with E-state index in [2.05, 4.69) is 5.10 Å². The second-order valence-corrected chi connectivity index (χ2v) is 5.11. The summed E-state index contributed by atoms with van der Waals surface area (Å²) in [6.45, 7) is 5.96. The third-order valence-electron chi connectivity index (χ3n) is 3.54. The maximum atomic E-state index is 14.4. The molecular formula is C16H20FN3O2. The zero-order valence-corrected chi connectivity index (χ0v) is 13.0. The Morgan fingerprint density at radius 2 is 2.18 bits per heavy atom. The average molecular weight is 305 g/mol. The van der Waals surface area contributed by atoms with Crippen molar-refractivity contribution in [3.05, 3.63) is 35.9 Å². The van der Waals surface area contributed by atoms with Gasteiger partial charge >= 0.3 is 5.97 Å². The predicted octanol–water partition coefficient (Wildman–Crippen LogP) is 3.42. The molecule has 2 aromatic rings. The van der Waals surface area contributed by atoms with E-state index in [1.165, 1.54) is 12.1 Å². The van der Waals surface area contributed by atoms with Gasteiger partial charge < -0.3 is 10.5 Å². The number of hydrogen-bond acceptors (Lipinski definition) is 4. The summed E-state index contributed by atoms with van der Waals surface area (Å²) in [7, 11) is 0. The van der Waals surface area contributed by atoms with Crippen LogP contribution in [0, 0.1) is 5.82 Å². The summed E-state index contributed by atoms with van der Waals surface area (Å²) >= 11 is 0. The summed E-state index contributed by atoms with van der Waals surface area (Å²) in [4.78, 5) is 12.1. The maximum absolute atomic E-state index is 14.4. The molecule has 0 radical (unpaired) electrons. The second kappa shape index (κ2) is 6.60. The fourth-order valence-electron chi connectivity index (χ4n) is 2.19. The molecule has 0 saturated heterocycles. The molecule has 0 bridgehead atoms. The van der Waals surface area contributed by atoms with Crippen LogP contribution in [-0.2, 0) is 4.74 Å². The molecule has 1 heterocycles. The molecule has 6 heteroatoms. The van der Waals surface area contributed by atoms with Gasteiger partial charge in [-0.05, 0) is 32.4 Å². The van der Waals surface area contributed by atoms with Gasteiger partial charge in [0.25, 0.3) is 0 Å². The topological polar surface area (TPSA) is 70.1 Å². The van der Waals surface area contributed by atoms with E-state index in [0.29, 0.717) is 5.56 Å². The number of hydrogen-bond donors (Lipinski definition) is 1. The molecule has 118 valence electrons. The third-order valence-corrected chi connectivity index (χ3v) is 3.54. The first-order valence-electron chi connectivity index (χ1n) is 7.28. The van der Waals surface area contributed by atoms with Crippen LogP contribution in [0.5, 0.6) is 0 Å². The Bertz CT molecular complexity index is 682. The fourth-order valence-corrected chi connectivity index (χ4v) is 2.19. The Balaban J connectivity index is 2.54. The Morgan fingerprint density at radius 1 is 1.45 bits per heavy atom. The molecule has 2 rings (SSSR count). The van der Waals surface area contributed by atoms with Crippen LogP contribution in [0.3, 0.4) is 0 Å². The number of rotatable bonds is 5.